The highest BCUT2D eigenvalue weighted by molar-refractivity contribution is 6.05. The lowest BCUT2D eigenvalue weighted by Crippen LogP contribution is -2.18. The Bertz CT molecular complexity index is 1090. The maximum absolute atomic E-state index is 13.4. The molecule has 0 saturated carbocycles. The summed E-state index contributed by atoms with van der Waals surface area (Å²) in [6, 6.07) is 3.48. The number of carbonyl (C=O) groups is 1. The summed E-state index contributed by atoms with van der Waals surface area (Å²) in [6.45, 7) is 0. The topological polar surface area (TPSA) is 69.8 Å². The minimum atomic E-state index is -4.62. The lowest BCUT2D eigenvalue weighted by molar-refractivity contribution is -0.391. The highest BCUT2D eigenvalue weighted by Gasteiger charge is 2.40. The van der Waals surface area contributed by atoms with Crippen molar-refractivity contribution in [3.8, 4) is 5.88 Å². The maximum atomic E-state index is 13.4. The van der Waals surface area contributed by atoms with Gasteiger partial charge in [-0.3, -0.25) is 4.79 Å². The second-order valence-electron chi connectivity index (χ2n) is 5.99. The lowest BCUT2D eigenvalue weighted by Gasteiger charge is -2.16. The third-order valence-corrected chi connectivity index (χ3v) is 4.32. The van der Waals surface area contributed by atoms with Crippen LogP contribution in [-0.4, -0.2) is 28.5 Å². The Morgan fingerprint density at radius 2 is 2.19 bits per heavy atom. The molecule has 3 aromatic rings. The van der Waals surface area contributed by atoms with Gasteiger partial charge in [0, 0.05) is 36.6 Å². The van der Waals surface area contributed by atoms with Gasteiger partial charge in [-0.2, -0.15) is 18.2 Å². The molecule has 1 aliphatic rings. The molecule has 1 aliphatic carbocycles. The van der Waals surface area contributed by atoms with Crippen molar-refractivity contribution >= 4 is 28.4 Å². The van der Waals surface area contributed by atoms with Crippen molar-refractivity contribution in [3.63, 3.8) is 0 Å². The molecule has 0 saturated heterocycles. The highest BCUT2D eigenvalue weighted by Crippen LogP contribution is 2.41. The van der Waals surface area contributed by atoms with Crippen molar-refractivity contribution in [2.24, 2.45) is 0 Å². The van der Waals surface area contributed by atoms with Crippen LogP contribution in [0.25, 0.3) is 11.1 Å². The number of aromatic nitrogens is 3. The molecule has 0 aliphatic heterocycles. The minimum absolute atomic E-state index is 0.00950. The van der Waals surface area contributed by atoms with Crippen LogP contribution in [0.1, 0.15) is 11.1 Å². The molecule has 2 N–H and O–H groups in total. The lowest BCUT2D eigenvalue weighted by atomic mass is 9.92. The first-order chi connectivity index (χ1) is 12.9. The van der Waals surface area contributed by atoms with Crippen LogP contribution in [0.2, 0.25) is 0 Å². The zero-order valence-corrected chi connectivity index (χ0v) is 14.1. The molecule has 3 heterocycles. The number of halogens is 3. The van der Waals surface area contributed by atoms with Gasteiger partial charge >= 0.3 is 12.1 Å². The Kier molecular flexibility index (Phi) is 3.87. The van der Waals surface area contributed by atoms with E-state index >= 15 is 0 Å². The summed E-state index contributed by atoms with van der Waals surface area (Å²) in [5, 5.41) is 3.07. The van der Waals surface area contributed by atoms with E-state index in [1.165, 1.54) is 23.9 Å². The number of ether oxygens (including phenoxy) is 1. The summed E-state index contributed by atoms with van der Waals surface area (Å²) in [6.07, 6.45) is 1.99. The molecule has 0 bridgehead atoms. The largest absolute Gasteiger partial charge is 0.446 e. The first-order valence-electron chi connectivity index (χ1n) is 8.01. The van der Waals surface area contributed by atoms with Gasteiger partial charge in [0.25, 0.3) is 0 Å². The molecular weight excluding hydrogens is 361 g/mol. The number of H-pyrrole nitrogens is 1. The third kappa shape index (κ3) is 2.90. The molecule has 4 rings (SSSR count). The number of ketones is 1. The number of alkyl halides is 3. The standard InChI is InChI=1S/C18H13F3N4O2/c1-27-17-14(3-2-4-23-17)24-16-15-11-7-10(26)8-13(18(19,20)21)12(11)9-25(15)6-5-22-16/h2-6,8-9H,7H2,1H3,(H,22,24)/p+1. The van der Waals surface area contributed by atoms with Crippen molar-refractivity contribution in [2.45, 2.75) is 12.6 Å². The highest BCUT2D eigenvalue weighted by atomic mass is 19.4. The van der Waals surface area contributed by atoms with E-state index in [4.69, 9.17) is 4.74 Å². The van der Waals surface area contributed by atoms with Gasteiger partial charge in [0.2, 0.25) is 0 Å². The van der Waals surface area contributed by atoms with Crippen LogP contribution in [0.3, 0.4) is 0 Å². The molecule has 0 fully saturated rings. The van der Waals surface area contributed by atoms with E-state index in [0.717, 1.165) is 0 Å². The normalized spacial score (nSPS) is 14.1. The van der Waals surface area contributed by atoms with Gasteiger partial charge in [0.15, 0.2) is 23.5 Å². The number of hydrogen-bond acceptors (Lipinski definition) is 4. The van der Waals surface area contributed by atoms with E-state index in [1.54, 1.807) is 24.5 Å². The van der Waals surface area contributed by atoms with Crippen LogP contribution < -0.4 is 15.0 Å². The zero-order chi connectivity index (χ0) is 19.2. The Morgan fingerprint density at radius 3 is 2.93 bits per heavy atom. The van der Waals surface area contributed by atoms with Gasteiger partial charge in [-0.05, 0) is 17.7 Å². The summed E-state index contributed by atoms with van der Waals surface area (Å²) < 4.78 is 46.9. The second-order valence-corrected chi connectivity index (χ2v) is 5.99. The van der Waals surface area contributed by atoms with Crippen LogP contribution in [0.15, 0.2) is 43.0 Å². The number of nitrogens with zero attached hydrogens (tertiary/aromatic N) is 2. The molecule has 3 aromatic heterocycles. The van der Waals surface area contributed by atoms with Gasteiger partial charge in [-0.1, -0.05) is 0 Å². The van der Waals surface area contributed by atoms with Crippen LogP contribution in [0.4, 0.5) is 24.7 Å². The van der Waals surface area contributed by atoms with Crippen LogP contribution in [-0.2, 0) is 11.2 Å². The monoisotopic (exact) mass is 375 g/mol. The zero-order valence-electron chi connectivity index (χ0n) is 14.1. The van der Waals surface area contributed by atoms with E-state index in [2.05, 4.69) is 15.3 Å². The molecule has 6 nitrogen and oxygen atoms in total. The van der Waals surface area contributed by atoms with E-state index in [1.807, 2.05) is 0 Å². The quantitative estimate of drug-likeness (QED) is 0.764. The molecule has 0 atom stereocenters. The molecule has 9 heteroatoms. The fourth-order valence-corrected chi connectivity index (χ4v) is 3.21. The molecule has 138 valence electrons. The number of nitrogens with one attached hydrogen (secondary N) is 2. The van der Waals surface area contributed by atoms with E-state index in [9.17, 15) is 18.0 Å². The van der Waals surface area contributed by atoms with Crippen LogP contribution in [0.5, 0.6) is 5.88 Å². The number of hydrogen-bond donors (Lipinski definition) is 1. The fourth-order valence-electron chi connectivity index (χ4n) is 3.21. The Hall–Kier alpha value is -3.36. The number of fused-ring (bicyclic) bond motifs is 3. The van der Waals surface area contributed by atoms with Crippen LogP contribution >= 0.6 is 0 Å². The summed E-state index contributed by atoms with van der Waals surface area (Å²) >= 11 is 0. The van der Waals surface area contributed by atoms with E-state index in [-0.39, 0.29) is 12.0 Å². The maximum Gasteiger partial charge on any atom is 0.417 e. The molecule has 0 aromatic carbocycles. The summed E-state index contributed by atoms with van der Waals surface area (Å²) in [4.78, 5) is 19.1. The molecule has 0 spiro atoms. The summed E-state index contributed by atoms with van der Waals surface area (Å²) in [7, 11) is 1.49. The van der Waals surface area contributed by atoms with Gasteiger partial charge in [0.1, 0.15) is 0 Å². The van der Waals surface area contributed by atoms with Crippen molar-refractivity contribution in [2.75, 3.05) is 12.4 Å². The number of aromatic amines is 1. The van der Waals surface area contributed by atoms with E-state index in [0.29, 0.717) is 34.5 Å². The number of anilines is 2. The number of carbonyl (C=O) groups excluding carboxylic acids is 1. The Balaban J connectivity index is 1.89. The molecule has 0 radical (unpaired) electrons. The molecule has 0 unspecified atom stereocenters. The fraction of sp³-hybridized carbons (Fsp3) is 0.167. The third-order valence-electron chi connectivity index (χ3n) is 4.32. The SMILES string of the molecule is COc1[nH+]cccc1Nc1nccn2cc3c(c12)CC(=O)C=C3C(F)(F)F. The molecule has 27 heavy (non-hydrogen) atoms. The number of pyridine rings is 1. The predicted octanol–water partition coefficient (Wildman–Crippen LogP) is 2.97. The average Bonchev–Trinajstić information content (AvgIpc) is 3.00. The second kappa shape index (κ2) is 6.11. The van der Waals surface area contributed by atoms with Crippen molar-refractivity contribution in [3.05, 3.63) is 54.1 Å². The summed E-state index contributed by atoms with van der Waals surface area (Å²) in [5.74, 6) is 0.171. The predicted molar refractivity (Wildman–Crippen MR) is 90.8 cm³/mol. The average molecular weight is 375 g/mol. The van der Waals surface area contributed by atoms with Gasteiger partial charge < -0.3 is 14.5 Å². The molecule has 0 amide bonds. The Morgan fingerprint density at radius 1 is 1.37 bits per heavy atom. The first kappa shape index (κ1) is 17.1. The van der Waals surface area contributed by atoms with Crippen molar-refractivity contribution < 1.29 is 27.7 Å². The van der Waals surface area contributed by atoms with Crippen LogP contribution in [0, 0.1) is 0 Å². The number of methoxy groups -OCH3 is 1. The van der Waals surface area contributed by atoms with Gasteiger partial charge in [-0.15, -0.1) is 0 Å². The van der Waals surface area contributed by atoms with E-state index < -0.39 is 17.5 Å². The van der Waals surface area contributed by atoms with Gasteiger partial charge in [0.05, 0.1) is 18.2 Å². The van der Waals surface area contributed by atoms with Crippen molar-refractivity contribution in [1.29, 1.82) is 0 Å². The Labute approximate surface area is 151 Å². The van der Waals surface area contributed by atoms with Gasteiger partial charge in [-0.25, -0.2) is 4.98 Å². The van der Waals surface area contributed by atoms with Crippen molar-refractivity contribution in [1.82, 2.24) is 9.38 Å². The number of allylic oxidation sites excluding steroid dienone is 2. The molecular formula is C18H14F3N4O2+. The number of rotatable bonds is 3. The smallest absolute Gasteiger partial charge is 0.417 e. The first-order valence-corrected chi connectivity index (χ1v) is 8.01. The summed E-state index contributed by atoms with van der Waals surface area (Å²) in [5.41, 5.74) is 0.328. The minimum Gasteiger partial charge on any atom is -0.446 e.